The van der Waals surface area contributed by atoms with E-state index in [1.165, 1.54) is 34.7 Å². The Morgan fingerprint density at radius 3 is 2.24 bits per heavy atom. The molecular weight excluding hydrogens is 441 g/mol. The van der Waals surface area contributed by atoms with Crippen LogP contribution in [0.4, 0.5) is 20.6 Å². The lowest BCUT2D eigenvalue weighted by molar-refractivity contribution is 0.0954. The molecule has 0 aliphatic heterocycles. The molecule has 0 aliphatic carbocycles. The van der Waals surface area contributed by atoms with Gasteiger partial charge in [-0.25, -0.2) is 9.18 Å². The van der Waals surface area contributed by atoms with Crippen molar-refractivity contribution in [1.29, 1.82) is 0 Å². The molecular formula is C26H27ClFN3O2. The molecule has 0 aliphatic rings. The number of benzene rings is 3. The summed E-state index contributed by atoms with van der Waals surface area (Å²) in [6, 6.07) is 19.5. The highest BCUT2D eigenvalue weighted by atomic mass is 35.5. The lowest BCUT2D eigenvalue weighted by Gasteiger charge is -2.23. The molecule has 0 spiro atoms. The van der Waals surface area contributed by atoms with E-state index in [-0.39, 0.29) is 19.0 Å². The van der Waals surface area contributed by atoms with E-state index in [4.69, 9.17) is 11.6 Å². The third-order valence-electron chi connectivity index (χ3n) is 5.14. The van der Waals surface area contributed by atoms with Crippen molar-refractivity contribution in [3.05, 3.63) is 94.8 Å². The first-order chi connectivity index (χ1) is 16.0. The Morgan fingerprint density at radius 1 is 0.939 bits per heavy atom. The third-order valence-corrected chi connectivity index (χ3v) is 5.39. The van der Waals surface area contributed by atoms with Gasteiger partial charge in [-0.15, -0.1) is 0 Å². The van der Waals surface area contributed by atoms with Crippen LogP contribution < -0.4 is 15.5 Å². The summed E-state index contributed by atoms with van der Waals surface area (Å²) in [4.78, 5) is 26.9. The van der Waals surface area contributed by atoms with E-state index in [0.717, 1.165) is 19.3 Å². The van der Waals surface area contributed by atoms with Crippen molar-refractivity contribution in [2.45, 2.75) is 26.2 Å². The third kappa shape index (κ3) is 7.32. The monoisotopic (exact) mass is 467 g/mol. The van der Waals surface area contributed by atoms with Crippen molar-refractivity contribution in [2.75, 3.05) is 23.3 Å². The molecule has 0 unspecified atom stereocenters. The maximum Gasteiger partial charge on any atom is 0.326 e. The highest BCUT2D eigenvalue weighted by molar-refractivity contribution is 6.30. The van der Waals surface area contributed by atoms with Crippen LogP contribution in [-0.2, 0) is 6.42 Å². The van der Waals surface area contributed by atoms with E-state index in [9.17, 15) is 14.0 Å². The van der Waals surface area contributed by atoms with Crippen molar-refractivity contribution >= 4 is 34.9 Å². The molecule has 0 atom stereocenters. The van der Waals surface area contributed by atoms with Gasteiger partial charge in [-0.3, -0.25) is 9.69 Å². The topological polar surface area (TPSA) is 61.4 Å². The summed E-state index contributed by atoms with van der Waals surface area (Å²) in [7, 11) is 0. The molecule has 0 radical (unpaired) electrons. The Labute approximate surface area is 198 Å². The van der Waals surface area contributed by atoms with E-state index < -0.39 is 11.8 Å². The van der Waals surface area contributed by atoms with Gasteiger partial charge in [0.15, 0.2) is 0 Å². The molecule has 0 saturated heterocycles. The molecule has 0 aromatic heterocycles. The van der Waals surface area contributed by atoms with Crippen molar-refractivity contribution in [2.24, 2.45) is 0 Å². The first kappa shape index (κ1) is 24.3. The van der Waals surface area contributed by atoms with Crippen LogP contribution in [0.15, 0.2) is 72.8 Å². The Hall–Kier alpha value is -3.38. The van der Waals surface area contributed by atoms with E-state index in [2.05, 4.69) is 17.6 Å². The minimum atomic E-state index is -0.404. The largest absolute Gasteiger partial charge is 0.350 e. The van der Waals surface area contributed by atoms with Gasteiger partial charge in [-0.05, 0) is 79.1 Å². The zero-order valence-corrected chi connectivity index (χ0v) is 19.2. The molecule has 0 saturated carbocycles. The van der Waals surface area contributed by atoms with Crippen LogP contribution in [-0.4, -0.2) is 25.0 Å². The molecule has 172 valence electrons. The summed E-state index contributed by atoms with van der Waals surface area (Å²) >= 11 is 5.90. The minimum Gasteiger partial charge on any atom is -0.350 e. The van der Waals surface area contributed by atoms with Crippen LogP contribution >= 0.6 is 11.6 Å². The second-order valence-electron chi connectivity index (χ2n) is 7.62. The molecule has 0 heterocycles. The first-order valence-electron chi connectivity index (χ1n) is 10.9. The van der Waals surface area contributed by atoms with E-state index in [1.807, 2.05) is 24.3 Å². The Bertz CT molecular complexity index is 1050. The van der Waals surface area contributed by atoms with Crippen LogP contribution in [0.5, 0.6) is 0 Å². The number of amides is 3. The molecule has 0 fully saturated rings. The average Bonchev–Trinajstić information content (AvgIpc) is 2.83. The van der Waals surface area contributed by atoms with Gasteiger partial charge in [-0.2, -0.15) is 0 Å². The van der Waals surface area contributed by atoms with Gasteiger partial charge in [-0.1, -0.05) is 37.1 Å². The zero-order valence-electron chi connectivity index (χ0n) is 18.5. The fourth-order valence-electron chi connectivity index (χ4n) is 3.28. The molecule has 3 aromatic rings. The number of carbonyl (C=O) groups excluding carboxylic acids is 2. The fraction of sp³-hybridized carbons (Fsp3) is 0.231. The van der Waals surface area contributed by atoms with E-state index >= 15 is 0 Å². The first-order valence-corrected chi connectivity index (χ1v) is 11.3. The summed E-state index contributed by atoms with van der Waals surface area (Å²) in [5.74, 6) is -0.610. The van der Waals surface area contributed by atoms with Gasteiger partial charge in [0.1, 0.15) is 5.82 Å². The highest BCUT2D eigenvalue weighted by Gasteiger charge is 2.17. The standard InChI is InChI=1S/C26H27ClFN3O2/c1-2-3-4-19-5-7-20(8-6-19)25(32)29-17-18-31(24-15-11-22(28)12-16-24)26(33)30-23-13-9-21(27)10-14-23/h5-16H,2-4,17-18H2,1H3,(H,29,32)(H,30,33). The summed E-state index contributed by atoms with van der Waals surface area (Å²) in [5.41, 5.74) is 2.85. The van der Waals surface area contributed by atoms with Gasteiger partial charge in [0.25, 0.3) is 5.91 Å². The predicted octanol–water partition coefficient (Wildman–Crippen LogP) is 6.29. The maximum absolute atomic E-state index is 13.4. The number of anilines is 2. The number of carbonyl (C=O) groups is 2. The Morgan fingerprint density at radius 2 is 1.61 bits per heavy atom. The van der Waals surface area contributed by atoms with E-state index in [1.54, 1.807) is 24.3 Å². The van der Waals surface area contributed by atoms with Crippen LogP contribution in [0.25, 0.3) is 0 Å². The smallest absolute Gasteiger partial charge is 0.326 e. The zero-order chi connectivity index (χ0) is 23.6. The van der Waals surface area contributed by atoms with Crippen LogP contribution in [0, 0.1) is 5.82 Å². The number of urea groups is 1. The number of hydrogen-bond donors (Lipinski definition) is 2. The number of aryl methyl sites for hydroxylation is 1. The molecule has 3 amide bonds. The normalized spacial score (nSPS) is 10.5. The molecule has 7 heteroatoms. The van der Waals surface area contributed by atoms with Crippen molar-refractivity contribution < 1.29 is 14.0 Å². The molecule has 0 bridgehead atoms. The number of halogens is 2. The van der Waals surface area contributed by atoms with Gasteiger partial charge in [0.2, 0.25) is 0 Å². The summed E-state index contributed by atoms with van der Waals surface area (Å²) in [5, 5.41) is 6.20. The van der Waals surface area contributed by atoms with Crippen molar-refractivity contribution in [1.82, 2.24) is 5.32 Å². The molecule has 2 N–H and O–H groups in total. The van der Waals surface area contributed by atoms with Gasteiger partial charge >= 0.3 is 6.03 Å². The number of nitrogens with one attached hydrogen (secondary N) is 2. The number of hydrogen-bond acceptors (Lipinski definition) is 2. The van der Waals surface area contributed by atoms with Crippen molar-refractivity contribution in [3.63, 3.8) is 0 Å². The fourth-order valence-corrected chi connectivity index (χ4v) is 3.41. The molecule has 5 nitrogen and oxygen atoms in total. The lowest BCUT2D eigenvalue weighted by atomic mass is 10.1. The Balaban J connectivity index is 1.63. The predicted molar refractivity (Wildman–Crippen MR) is 132 cm³/mol. The SMILES string of the molecule is CCCCc1ccc(C(=O)NCCN(C(=O)Nc2ccc(Cl)cc2)c2ccc(F)cc2)cc1. The summed E-state index contributed by atoms with van der Waals surface area (Å²) in [6.07, 6.45) is 3.23. The van der Waals surface area contributed by atoms with Gasteiger partial charge in [0.05, 0.1) is 0 Å². The minimum absolute atomic E-state index is 0.200. The lowest BCUT2D eigenvalue weighted by Crippen LogP contribution is -2.41. The molecule has 3 aromatic carbocycles. The quantitative estimate of drug-likeness (QED) is 0.388. The van der Waals surface area contributed by atoms with E-state index in [0.29, 0.717) is 22.0 Å². The van der Waals surface area contributed by atoms with Crippen molar-refractivity contribution in [3.8, 4) is 0 Å². The molecule has 3 rings (SSSR count). The van der Waals surface area contributed by atoms with Crippen LogP contribution in [0.3, 0.4) is 0 Å². The Kier molecular flexibility index (Phi) is 8.84. The number of rotatable bonds is 9. The number of nitrogens with zero attached hydrogens (tertiary/aromatic N) is 1. The van der Waals surface area contributed by atoms with Crippen LogP contribution in [0.1, 0.15) is 35.7 Å². The average molecular weight is 468 g/mol. The molecule has 33 heavy (non-hydrogen) atoms. The van der Waals surface area contributed by atoms with Gasteiger partial charge < -0.3 is 10.6 Å². The second-order valence-corrected chi connectivity index (χ2v) is 8.06. The second kappa shape index (κ2) is 12.0. The number of unbranched alkanes of at least 4 members (excludes halogenated alkanes) is 1. The van der Waals surface area contributed by atoms with Gasteiger partial charge in [0, 0.05) is 35.1 Å². The maximum atomic E-state index is 13.4. The highest BCUT2D eigenvalue weighted by Crippen LogP contribution is 2.18. The van der Waals surface area contributed by atoms with Crippen LogP contribution in [0.2, 0.25) is 5.02 Å². The summed E-state index contributed by atoms with van der Waals surface area (Å²) in [6.45, 7) is 2.57. The summed E-state index contributed by atoms with van der Waals surface area (Å²) < 4.78 is 13.4.